The summed E-state index contributed by atoms with van der Waals surface area (Å²) in [6.07, 6.45) is 6.68. The van der Waals surface area contributed by atoms with E-state index in [4.69, 9.17) is 5.84 Å². The monoisotopic (exact) mass is 248 g/mol. The summed E-state index contributed by atoms with van der Waals surface area (Å²) in [6, 6.07) is 2.35. The van der Waals surface area contributed by atoms with E-state index in [2.05, 4.69) is 25.7 Å². The van der Waals surface area contributed by atoms with Gasteiger partial charge in [0.15, 0.2) is 0 Å². The highest BCUT2D eigenvalue weighted by Crippen LogP contribution is 2.17. The predicted octanol–water partition coefficient (Wildman–Crippen LogP) is 0.637. The Bertz CT molecular complexity index is 411. The second kappa shape index (κ2) is 6.30. The molecule has 1 saturated carbocycles. The first-order valence-corrected chi connectivity index (χ1v) is 6.34. The first-order chi connectivity index (χ1) is 8.78. The van der Waals surface area contributed by atoms with E-state index < -0.39 is 0 Å². The minimum absolute atomic E-state index is 0.493. The van der Waals surface area contributed by atoms with Crippen LogP contribution in [0.1, 0.15) is 37.2 Å². The number of nitrogens with one attached hydrogen (secondary N) is 2. The van der Waals surface area contributed by atoms with E-state index >= 15 is 0 Å². The first kappa shape index (κ1) is 12.8. The van der Waals surface area contributed by atoms with Crippen LogP contribution in [0.25, 0.3) is 0 Å². The molecule has 0 atom stereocenters. The highest BCUT2D eigenvalue weighted by atomic mass is 15.3. The number of aliphatic imine (C=N–C) groups is 1. The molecule has 0 aromatic carbocycles. The second-order valence-electron chi connectivity index (χ2n) is 4.53. The molecule has 4 N–H and O–H groups in total. The number of rotatable bonds is 3. The van der Waals surface area contributed by atoms with Crippen LogP contribution in [0.15, 0.2) is 17.3 Å². The van der Waals surface area contributed by atoms with Crippen LogP contribution in [0.5, 0.6) is 0 Å². The van der Waals surface area contributed by atoms with Gasteiger partial charge in [0.1, 0.15) is 5.82 Å². The van der Waals surface area contributed by atoms with Gasteiger partial charge in [0.2, 0.25) is 5.96 Å². The predicted molar refractivity (Wildman–Crippen MR) is 70.6 cm³/mol. The maximum atomic E-state index is 5.47. The molecule has 1 aliphatic rings. The molecule has 18 heavy (non-hydrogen) atoms. The smallest absolute Gasteiger partial charge is 0.206 e. The molecule has 6 heteroatoms. The summed E-state index contributed by atoms with van der Waals surface area (Å²) in [4.78, 5) is 12.7. The molecular weight excluding hydrogens is 228 g/mol. The molecule has 0 spiro atoms. The topological polar surface area (TPSA) is 88.2 Å². The standard InChI is InChI=1S/C12H20N6/c1-9-14-7-6-11(16-9)8-15-12(18-13)17-10-4-2-3-5-10/h6-7,10H,2-5,8,13H2,1H3,(H2,15,17,18). The normalized spacial score (nSPS) is 16.9. The number of hydrazine groups is 1. The number of aryl methyl sites for hydroxylation is 1. The third-order valence-electron chi connectivity index (χ3n) is 3.07. The van der Waals surface area contributed by atoms with Gasteiger partial charge in [-0.3, -0.25) is 5.43 Å². The lowest BCUT2D eigenvalue weighted by Gasteiger charge is -2.14. The minimum Gasteiger partial charge on any atom is -0.353 e. The van der Waals surface area contributed by atoms with E-state index in [1.807, 2.05) is 13.0 Å². The van der Waals surface area contributed by atoms with Gasteiger partial charge in [-0.2, -0.15) is 0 Å². The molecule has 1 aliphatic carbocycles. The van der Waals surface area contributed by atoms with Crippen LogP contribution in [0.3, 0.4) is 0 Å². The SMILES string of the molecule is Cc1nccc(CN=C(NN)NC2CCCC2)n1. The minimum atomic E-state index is 0.493. The van der Waals surface area contributed by atoms with Crippen molar-refractivity contribution >= 4 is 5.96 Å². The van der Waals surface area contributed by atoms with Crippen molar-refractivity contribution in [1.29, 1.82) is 0 Å². The third-order valence-corrected chi connectivity index (χ3v) is 3.07. The van der Waals surface area contributed by atoms with Gasteiger partial charge in [0.05, 0.1) is 12.2 Å². The molecule has 2 rings (SSSR count). The Labute approximate surface area is 107 Å². The summed E-state index contributed by atoms with van der Waals surface area (Å²) in [5.41, 5.74) is 3.50. The van der Waals surface area contributed by atoms with Crippen LogP contribution in [0, 0.1) is 6.92 Å². The zero-order valence-electron chi connectivity index (χ0n) is 10.7. The fourth-order valence-corrected chi connectivity index (χ4v) is 2.15. The lowest BCUT2D eigenvalue weighted by Crippen LogP contribution is -2.45. The van der Waals surface area contributed by atoms with Crippen molar-refractivity contribution in [3.8, 4) is 0 Å². The maximum Gasteiger partial charge on any atom is 0.206 e. The summed E-state index contributed by atoms with van der Waals surface area (Å²) in [5, 5.41) is 3.32. The molecule has 1 aromatic rings. The van der Waals surface area contributed by atoms with Crippen molar-refractivity contribution in [2.24, 2.45) is 10.8 Å². The Morgan fingerprint density at radius 2 is 2.28 bits per heavy atom. The lowest BCUT2D eigenvalue weighted by atomic mass is 10.2. The Balaban J connectivity index is 1.92. The largest absolute Gasteiger partial charge is 0.353 e. The van der Waals surface area contributed by atoms with Crippen molar-refractivity contribution in [3.63, 3.8) is 0 Å². The molecule has 0 aliphatic heterocycles. The molecular formula is C12H20N6. The number of nitrogens with zero attached hydrogens (tertiary/aromatic N) is 3. The Morgan fingerprint density at radius 1 is 1.50 bits per heavy atom. The van der Waals surface area contributed by atoms with Crippen LogP contribution in [0.2, 0.25) is 0 Å². The van der Waals surface area contributed by atoms with Gasteiger partial charge in [-0.05, 0) is 25.8 Å². The van der Waals surface area contributed by atoms with E-state index in [1.54, 1.807) is 6.20 Å². The van der Waals surface area contributed by atoms with Gasteiger partial charge >= 0.3 is 0 Å². The van der Waals surface area contributed by atoms with Crippen LogP contribution in [-0.2, 0) is 6.54 Å². The number of guanidine groups is 1. The van der Waals surface area contributed by atoms with E-state index in [9.17, 15) is 0 Å². The summed E-state index contributed by atoms with van der Waals surface area (Å²) in [6.45, 7) is 2.37. The van der Waals surface area contributed by atoms with Crippen LogP contribution in [0.4, 0.5) is 0 Å². The molecule has 0 unspecified atom stereocenters. The average molecular weight is 248 g/mol. The van der Waals surface area contributed by atoms with E-state index in [0.29, 0.717) is 18.5 Å². The number of aromatic nitrogens is 2. The van der Waals surface area contributed by atoms with E-state index in [0.717, 1.165) is 11.5 Å². The Hall–Kier alpha value is -1.69. The Morgan fingerprint density at radius 3 is 2.94 bits per heavy atom. The van der Waals surface area contributed by atoms with Crippen molar-refractivity contribution in [3.05, 3.63) is 23.8 Å². The highest BCUT2D eigenvalue weighted by molar-refractivity contribution is 5.79. The highest BCUT2D eigenvalue weighted by Gasteiger charge is 2.15. The van der Waals surface area contributed by atoms with Gasteiger partial charge in [0, 0.05) is 12.2 Å². The van der Waals surface area contributed by atoms with Crippen LogP contribution >= 0.6 is 0 Å². The maximum absolute atomic E-state index is 5.47. The van der Waals surface area contributed by atoms with E-state index in [-0.39, 0.29) is 0 Å². The summed E-state index contributed by atoms with van der Waals surface area (Å²) >= 11 is 0. The molecule has 1 fully saturated rings. The fourth-order valence-electron chi connectivity index (χ4n) is 2.15. The fraction of sp³-hybridized carbons (Fsp3) is 0.583. The Kier molecular flexibility index (Phi) is 4.46. The molecule has 98 valence electrons. The van der Waals surface area contributed by atoms with E-state index in [1.165, 1.54) is 25.7 Å². The molecule has 6 nitrogen and oxygen atoms in total. The first-order valence-electron chi connectivity index (χ1n) is 6.34. The quantitative estimate of drug-likeness (QED) is 0.316. The number of hydrogen-bond acceptors (Lipinski definition) is 4. The zero-order chi connectivity index (χ0) is 12.8. The second-order valence-corrected chi connectivity index (χ2v) is 4.53. The van der Waals surface area contributed by atoms with Gasteiger partial charge in [-0.15, -0.1) is 0 Å². The van der Waals surface area contributed by atoms with Gasteiger partial charge in [-0.1, -0.05) is 12.8 Å². The van der Waals surface area contributed by atoms with Gasteiger partial charge in [0.25, 0.3) is 0 Å². The van der Waals surface area contributed by atoms with Crippen LogP contribution < -0.4 is 16.6 Å². The summed E-state index contributed by atoms with van der Waals surface area (Å²) < 4.78 is 0. The third kappa shape index (κ3) is 3.66. The average Bonchev–Trinajstić information content (AvgIpc) is 2.87. The molecule has 0 bridgehead atoms. The molecule has 1 heterocycles. The van der Waals surface area contributed by atoms with Gasteiger partial charge < -0.3 is 5.32 Å². The number of nitrogens with two attached hydrogens (primary N) is 1. The summed E-state index contributed by atoms with van der Waals surface area (Å²) in [7, 11) is 0. The molecule has 0 amide bonds. The van der Waals surface area contributed by atoms with Crippen molar-refractivity contribution < 1.29 is 0 Å². The molecule has 1 aromatic heterocycles. The summed E-state index contributed by atoms with van der Waals surface area (Å²) in [5.74, 6) is 6.86. The van der Waals surface area contributed by atoms with Crippen LogP contribution in [-0.4, -0.2) is 22.0 Å². The van der Waals surface area contributed by atoms with Gasteiger partial charge in [-0.25, -0.2) is 20.8 Å². The zero-order valence-corrected chi connectivity index (χ0v) is 10.7. The lowest BCUT2D eigenvalue weighted by molar-refractivity contribution is 0.614. The number of hydrogen-bond donors (Lipinski definition) is 3. The molecule has 0 radical (unpaired) electrons. The van der Waals surface area contributed by atoms with Crippen molar-refractivity contribution in [1.82, 2.24) is 20.7 Å². The molecule has 0 saturated heterocycles. The van der Waals surface area contributed by atoms with Crippen molar-refractivity contribution in [2.75, 3.05) is 0 Å². The van der Waals surface area contributed by atoms with Crippen molar-refractivity contribution in [2.45, 2.75) is 45.2 Å².